The Morgan fingerprint density at radius 1 is 1.56 bits per heavy atom. The second kappa shape index (κ2) is 5.71. The van der Waals surface area contributed by atoms with E-state index in [0.717, 1.165) is 0 Å². The summed E-state index contributed by atoms with van der Waals surface area (Å²) in [6.45, 7) is 1.95. The number of terminal acetylenes is 1. The molecular formula is C11H14N4O. The third-order valence-electron chi connectivity index (χ3n) is 1.94. The van der Waals surface area contributed by atoms with Crippen LogP contribution in [-0.4, -0.2) is 29.2 Å². The summed E-state index contributed by atoms with van der Waals surface area (Å²) >= 11 is 0. The summed E-state index contributed by atoms with van der Waals surface area (Å²) in [5.74, 6) is 2.90. The number of aromatic nitrogens is 2. The van der Waals surface area contributed by atoms with E-state index in [1.54, 1.807) is 19.2 Å². The minimum atomic E-state index is -0.254. The average molecular weight is 218 g/mol. The first kappa shape index (κ1) is 12.0. The minimum absolute atomic E-state index is 0.130. The van der Waals surface area contributed by atoms with Crippen LogP contribution in [0.2, 0.25) is 0 Å². The number of carbonyl (C=O) groups is 1. The number of nitrogens with zero attached hydrogens (tertiary/aromatic N) is 2. The Morgan fingerprint density at radius 3 is 2.81 bits per heavy atom. The standard InChI is InChI=1S/C11H14N4O/c1-4-5-8(2)13-10-7-6-9(14-15-10)11(16)12-3/h1,6-8H,5H2,2-3H3,(H,12,16)(H,13,15). The van der Waals surface area contributed by atoms with Crippen molar-refractivity contribution in [1.82, 2.24) is 15.5 Å². The van der Waals surface area contributed by atoms with Gasteiger partial charge in [0.2, 0.25) is 0 Å². The normalized spacial score (nSPS) is 11.3. The lowest BCUT2D eigenvalue weighted by atomic mass is 10.2. The van der Waals surface area contributed by atoms with Crippen LogP contribution < -0.4 is 10.6 Å². The fraction of sp³-hybridized carbons (Fsp3) is 0.364. The van der Waals surface area contributed by atoms with Gasteiger partial charge in [-0.25, -0.2) is 0 Å². The van der Waals surface area contributed by atoms with Crippen LogP contribution in [0.3, 0.4) is 0 Å². The van der Waals surface area contributed by atoms with Crippen LogP contribution in [0.5, 0.6) is 0 Å². The van der Waals surface area contributed by atoms with Gasteiger partial charge in [-0.1, -0.05) is 0 Å². The molecule has 0 radical (unpaired) electrons. The molecule has 1 unspecified atom stereocenters. The van der Waals surface area contributed by atoms with Crippen LogP contribution in [0, 0.1) is 12.3 Å². The molecule has 0 saturated carbocycles. The van der Waals surface area contributed by atoms with Crippen LogP contribution >= 0.6 is 0 Å². The highest BCUT2D eigenvalue weighted by Gasteiger charge is 2.06. The zero-order valence-corrected chi connectivity index (χ0v) is 9.32. The Hall–Kier alpha value is -2.09. The summed E-state index contributed by atoms with van der Waals surface area (Å²) < 4.78 is 0. The van der Waals surface area contributed by atoms with Gasteiger partial charge in [0.25, 0.3) is 5.91 Å². The van der Waals surface area contributed by atoms with Gasteiger partial charge in [0, 0.05) is 19.5 Å². The second-order valence-electron chi connectivity index (χ2n) is 3.34. The molecule has 0 aromatic carbocycles. The van der Waals surface area contributed by atoms with Gasteiger partial charge in [-0.2, -0.15) is 0 Å². The molecule has 2 N–H and O–H groups in total. The smallest absolute Gasteiger partial charge is 0.271 e. The second-order valence-corrected chi connectivity index (χ2v) is 3.34. The van der Waals surface area contributed by atoms with Crippen LogP contribution in [0.25, 0.3) is 0 Å². The number of nitrogens with one attached hydrogen (secondary N) is 2. The molecule has 5 heteroatoms. The molecule has 1 heterocycles. The first-order valence-corrected chi connectivity index (χ1v) is 4.93. The van der Waals surface area contributed by atoms with E-state index in [4.69, 9.17) is 6.42 Å². The maximum Gasteiger partial charge on any atom is 0.271 e. The molecule has 1 aromatic rings. The summed E-state index contributed by atoms with van der Waals surface area (Å²) in [5.41, 5.74) is 0.289. The molecule has 0 spiro atoms. The highest BCUT2D eigenvalue weighted by molar-refractivity contribution is 5.91. The maximum absolute atomic E-state index is 11.2. The Balaban J connectivity index is 2.65. The fourth-order valence-corrected chi connectivity index (χ4v) is 1.14. The summed E-state index contributed by atoms with van der Waals surface area (Å²) in [4.78, 5) is 11.2. The van der Waals surface area contributed by atoms with Crippen molar-refractivity contribution in [1.29, 1.82) is 0 Å². The van der Waals surface area contributed by atoms with Crippen molar-refractivity contribution in [3.05, 3.63) is 17.8 Å². The van der Waals surface area contributed by atoms with Crippen molar-refractivity contribution in [2.24, 2.45) is 0 Å². The van der Waals surface area contributed by atoms with E-state index in [-0.39, 0.29) is 17.6 Å². The Morgan fingerprint density at radius 2 is 2.31 bits per heavy atom. The topological polar surface area (TPSA) is 66.9 Å². The van der Waals surface area contributed by atoms with Gasteiger partial charge in [-0.15, -0.1) is 22.5 Å². The number of anilines is 1. The predicted octanol–water partition coefficient (Wildman–Crippen LogP) is 0.660. The molecule has 1 rings (SSSR count). The highest BCUT2D eigenvalue weighted by atomic mass is 16.1. The number of carbonyl (C=O) groups excluding carboxylic acids is 1. The van der Waals surface area contributed by atoms with E-state index in [9.17, 15) is 4.79 Å². The monoisotopic (exact) mass is 218 g/mol. The van der Waals surface area contributed by atoms with Gasteiger partial charge in [-0.05, 0) is 19.1 Å². The van der Waals surface area contributed by atoms with Crippen molar-refractivity contribution in [3.8, 4) is 12.3 Å². The summed E-state index contributed by atoms with van der Waals surface area (Å²) in [7, 11) is 1.55. The first-order valence-electron chi connectivity index (χ1n) is 4.93. The van der Waals surface area contributed by atoms with Gasteiger partial charge < -0.3 is 10.6 Å². The zero-order chi connectivity index (χ0) is 12.0. The number of hydrogen-bond donors (Lipinski definition) is 2. The highest BCUT2D eigenvalue weighted by Crippen LogP contribution is 2.05. The SMILES string of the molecule is C#CCC(C)Nc1ccc(C(=O)NC)nn1. The van der Waals surface area contributed by atoms with Gasteiger partial charge in [-0.3, -0.25) is 4.79 Å². The molecule has 84 valence electrons. The van der Waals surface area contributed by atoms with Crippen LogP contribution in [-0.2, 0) is 0 Å². The van der Waals surface area contributed by atoms with Gasteiger partial charge in [0.05, 0.1) is 0 Å². The van der Waals surface area contributed by atoms with Crippen molar-refractivity contribution in [2.75, 3.05) is 12.4 Å². The molecule has 0 aliphatic rings. The quantitative estimate of drug-likeness (QED) is 0.728. The van der Waals surface area contributed by atoms with Gasteiger partial charge >= 0.3 is 0 Å². The Bertz CT molecular complexity index is 393. The van der Waals surface area contributed by atoms with E-state index in [1.807, 2.05) is 6.92 Å². The number of amides is 1. The minimum Gasteiger partial charge on any atom is -0.365 e. The molecule has 1 atom stereocenters. The molecule has 0 fully saturated rings. The molecule has 0 aliphatic carbocycles. The van der Waals surface area contributed by atoms with E-state index in [1.165, 1.54) is 0 Å². The molecule has 5 nitrogen and oxygen atoms in total. The zero-order valence-electron chi connectivity index (χ0n) is 9.32. The molecule has 0 aliphatic heterocycles. The molecule has 0 saturated heterocycles. The maximum atomic E-state index is 11.2. The summed E-state index contributed by atoms with van der Waals surface area (Å²) in [6.07, 6.45) is 5.80. The van der Waals surface area contributed by atoms with Crippen molar-refractivity contribution in [3.63, 3.8) is 0 Å². The Labute approximate surface area is 94.7 Å². The summed E-state index contributed by atoms with van der Waals surface area (Å²) in [6, 6.07) is 3.44. The number of rotatable bonds is 4. The molecule has 1 aromatic heterocycles. The van der Waals surface area contributed by atoms with Crippen molar-refractivity contribution >= 4 is 11.7 Å². The molecular weight excluding hydrogens is 204 g/mol. The van der Waals surface area contributed by atoms with E-state index < -0.39 is 0 Å². The van der Waals surface area contributed by atoms with Crippen LogP contribution in [0.4, 0.5) is 5.82 Å². The van der Waals surface area contributed by atoms with E-state index in [0.29, 0.717) is 12.2 Å². The molecule has 16 heavy (non-hydrogen) atoms. The lowest BCUT2D eigenvalue weighted by Gasteiger charge is -2.10. The third-order valence-corrected chi connectivity index (χ3v) is 1.94. The first-order chi connectivity index (χ1) is 7.67. The lowest BCUT2D eigenvalue weighted by Crippen LogP contribution is -2.20. The van der Waals surface area contributed by atoms with E-state index in [2.05, 4.69) is 26.8 Å². The Kier molecular flexibility index (Phi) is 4.28. The van der Waals surface area contributed by atoms with Gasteiger partial charge in [0.15, 0.2) is 5.69 Å². The van der Waals surface area contributed by atoms with Crippen molar-refractivity contribution < 1.29 is 4.79 Å². The number of hydrogen-bond acceptors (Lipinski definition) is 4. The van der Waals surface area contributed by atoms with Crippen LogP contribution in [0.15, 0.2) is 12.1 Å². The predicted molar refractivity (Wildman–Crippen MR) is 62.0 cm³/mol. The molecule has 0 bridgehead atoms. The lowest BCUT2D eigenvalue weighted by molar-refractivity contribution is 0.0957. The van der Waals surface area contributed by atoms with Gasteiger partial charge in [0.1, 0.15) is 5.82 Å². The molecule has 1 amide bonds. The average Bonchev–Trinajstić information content (AvgIpc) is 2.29. The largest absolute Gasteiger partial charge is 0.365 e. The van der Waals surface area contributed by atoms with E-state index >= 15 is 0 Å². The van der Waals surface area contributed by atoms with Crippen LogP contribution in [0.1, 0.15) is 23.8 Å². The van der Waals surface area contributed by atoms with Crippen molar-refractivity contribution in [2.45, 2.75) is 19.4 Å². The summed E-state index contributed by atoms with van der Waals surface area (Å²) in [5, 5.41) is 13.2. The third kappa shape index (κ3) is 3.24. The fourth-order valence-electron chi connectivity index (χ4n) is 1.14.